The lowest BCUT2D eigenvalue weighted by Gasteiger charge is -2.40. The zero-order valence-electron chi connectivity index (χ0n) is 8.71. The van der Waals surface area contributed by atoms with Gasteiger partial charge in [-0.15, -0.1) is 0 Å². The van der Waals surface area contributed by atoms with Crippen LogP contribution in [0, 0.1) is 0 Å². The predicted octanol–water partition coefficient (Wildman–Crippen LogP) is -2.21. The lowest BCUT2D eigenvalue weighted by Crippen LogP contribution is -2.62. The lowest BCUT2D eigenvalue weighted by molar-refractivity contribution is -0.236. The van der Waals surface area contributed by atoms with Gasteiger partial charge in [0.05, 0.1) is 6.61 Å². The van der Waals surface area contributed by atoms with Gasteiger partial charge >= 0.3 is 0 Å². The fraction of sp³-hybridized carbons (Fsp3) is 1.00. The molecule has 5 N–H and O–H groups in total. The molecule has 0 aromatic carbocycles. The standard InChI is InChI=1S/C9H19NO5/c1-2-3-10-9-8(14)7(13)6(12)5(4-11)15-9/h5-14H,2-4H2,1H3/t5-,6-,7+,8-,9?/m1/s1. The summed E-state index contributed by atoms with van der Waals surface area (Å²) >= 11 is 0. The van der Waals surface area contributed by atoms with Crippen LogP contribution in [0.5, 0.6) is 0 Å². The minimum Gasteiger partial charge on any atom is -0.394 e. The van der Waals surface area contributed by atoms with Crippen LogP contribution in [0.15, 0.2) is 0 Å². The molecule has 15 heavy (non-hydrogen) atoms. The van der Waals surface area contributed by atoms with Crippen molar-refractivity contribution in [1.29, 1.82) is 0 Å². The zero-order valence-corrected chi connectivity index (χ0v) is 8.71. The van der Waals surface area contributed by atoms with Crippen molar-refractivity contribution < 1.29 is 25.2 Å². The van der Waals surface area contributed by atoms with Gasteiger partial charge in [-0.05, 0) is 13.0 Å². The SMILES string of the molecule is CCCNC1O[C@H](CO)[C@@H](O)[C@H](O)[C@H]1O. The van der Waals surface area contributed by atoms with E-state index in [-0.39, 0.29) is 0 Å². The molecule has 0 saturated carbocycles. The van der Waals surface area contributed by atoms with E-state index in [2.05, 4.69) is 5.32 Å². The van der Waals surface area contributed by atoms with Crippen LogP contribution in [0.4, 0.5) is 0 Å². The molecule has 0 amide bonds. The average Bonchev–Trinajstić information content (AvgIpc) is 2.25. The van der Waals surface area contributed by atoms with E-state index in [4.69, 9.17) is 9.84 Å². The summed E-state index contributed by atoms with van der Waals surface area (Å²) in [5, 5.41) is 40.3. The third-order valence-electron chi connectivity index (χ3n) is 2.49. The predicted molar refractivity (Wildman–Crippen MR) is 52.1 cm³/mol. The van der Waals surface area contributed by atoms with Gasteiger partial charge in [-0.1, -0.05) is 6.92 Å². The normalized spacial score (nSPS) is 41.8. The van der Waals surface area contributed by atoms with Crippen molar-refractivity contribution in [2.45, 2.75) is 44.0 Å². The lowest BCUT2D eigenvalue weighted by atomic mass is 9.98. The van der Waals surface area contributed by atoms with Gasteiger partial charge in [-0.3, -0.25) is 5.32 Å². The van der Waals surface area contributed by atoms with Crippen molar-refractivity contribution >= 4 is 0 Å². The van der Waals surface area contributed by atoms with Crippen molar-refractivity contribution in [2.24, 2.45) is 0 Å². The summed E-state index contributed by atoms with van der Waals surface area (Å²) in [5.74, 6) is 0. The maximum absolute atomic E-state index is 9.57. The first-order valence-corrected chi connectivity index (χ1v) is 5.15. The molecule has 1 aliphatic rings. The number of aliphatic hydroxyl groups is 4. The van der Waals surface area contributed by atoms with Crippen LogP contribution >= 0.6 is 0 Å². The van der Waals surface area contributed by atoms with E-state index in [1.54, 1.807) is 0 Å². The first-order chi connectivity index (χ1) is 7.11. The molecule has 1 saturated heterocycles. The van der Waals surface area contributed by atoms with Gasteiger partial charge in [0.25, 0.3) is 0 Å². The first kappa shape index (κ1) is 12.8. The second-order valence-corrected chi connectivity index (χ2v) is 3.70. The third kappa shape index (κ3) is 2.87. The number of rotatable bonds is 4. The summed E-state index contributed by atoms with van der Waals surface area (Å²) in [7, 11) is 0. The topological polar surface area (TPSA) is 102 Å². The average molecular weight is 221 g/mol. The summed E-state index contributed by atoms with van der Waals surface area (Å²) in [6, 6.07) is 0. The molecule has 90 valence electrons. The Labute approximate surface area is 88.5 Å². The summed E-state index contributed by atoms with van der Waals surface area (Å²) in [4.78, 5) is 0. The third-order valence-corrected chi connectivity index (χ3v) is 2.49. The Morgan fingerprint density at radius 2 is 1.80 bits per heavy atom. The number of hydrogen-bond donors (Lipinski definition) is 5. The highest BCUT2D eigenvalue weighted by Gasteiger charge is 2.42. The molecule has 6 heteroatoms. The molecule has 0 spiro atoms. The monoisotopic (exact) mass is 221 g/mol. The Morgan fingerprint density at radius 3 is 2.33 bits per heavy atom. The van der Waals surface area contributed by atoms with Crippen LogP contribution in [-0.4, -0.2) is 64.2 Å². The molecule has 1 unspecified atom stereocenters. The van der Waals surface area contributed by atoms with Gasteiger partial charge in [0, 0.05) is 0 Å². The largest absolute Gasteiger partial charge is 0.394 e. The van der Waals surface area contributed by atoms with Crippen molar-refractivity contribution in [3.8, 4) is 0 Å². The van der Waals surface area contributed by atoms with Crippen molar-refractivity contribution in [3.05, 3.63) is 0 Å². The highest BCUT2D eigenvalue weighted by molar-refractivity contribution is 4.90. The maximum Gasteiger partial charge on any atom is 0.137 e. The maximum atomic E-state index is 9.57. The highest BCUT2D eigenvalue weighted by Crippen LogP contribution is 2.19. The summed E-state index contributed by atoms with van der Waals surface area (Å²) in [6.45, 7) is 2.19. The van der Waals surface area contributed by atoms with Crippen LogP contribution in [0.2, 0.25) is 0 Å². The van der Waals surface area contributed by atoms with Crippen molar-refractivity contribution in [2.75, 3.05) is 13.2 Å². The van der Waals surface area contributed by atoms with E-state index in [0.29, 0.717) is 6.54 Å². The van der Waals surface area contributed by atoms with Gasteiger partial charge in [-0.2, -0.15) is 0 Å². The molecule has 0 aliphatic carbocycles. The number of hydrogen-bond acceptors (Lipinski definition) is 6. The molecule has 5 atom stereocenters. The van der Waals surface area contributed by atoms with Gasteiger partial charge in [0.2, 0.25) is 0 Å². The van der Waals surface area contributed by atoms with Crippen LogP contribution in [0.1, 0.15) is 13.3 Å². The molecular formula is C9H19NO5. The zero-order chi connectivity index (χ0) is 11.4. The molecule has 1 fully saturated rings. The van der Waals surface area contributed by atoms with E-state index in [0.717, 1.165) is 6.42 Å². The van der Waals surface area contributed by atoms with Gasteiger partial charge in [0.1, 0.15) is 30.6 Å². The molecule has 1 aliphatic heterocycles. The molecule has 0 aromatic heterocycles. The van der Waals surface area contributed by atoms with E-state index >= 15 is 0 Å². The fourth-order valence-electron chi connectivity index (χ4n) is 1.56. The minimum atomic E-state index is -1.30. The molecular weight excluding hydrogens is 202 g/mol. The molecule has 0 radical (unpaired) electrons. The van der Waals surface area contributed by atoms with E-state index in [1.165, 1.54) is 0 Å². The smallest absolute Gasteiger partial charge is 0.137 e. The van der Waals surface area contributed by atoms with Crippen LogP contribution in [-0.2, 0) is 4.74 Å². The second-order valence-electron chi connectivity index (χ2n) is 3.70. The second kappa shape index (κ2) is 5.74. The molecule has 0 bridgehead atoms. The Hall–Kier alpha value is -0.240. The minimum absolute atomic E-state index is 0.394. The van der Waals surface area contributed by atoms with Crippen molar-refractivity contribution in [1.82, 2.24) is 5.32 Å². The number of aliphatic hydroxyl groups excluding tert-OH is 4. The van der Waals surface area contributed by atoms with Gasteiger partial charge in [0.15, 0.2) is 0 Å². The van der Waals surface area contributed by atoms with Crippen LogP contribution in [0.3, 0.4) is 0 Å². The van der Waals surface area contributed by atoms with Gasteiger partial charge < -0.3 is 25.2 Å². The van der Waals surface area contributed by atoms with E-state index in [1.807, 2.05) is 6.92 Å². The quantitative estimate of drug-likeness (QED) is 0.369. The highest BCUT2D eigenvalue weighted by atomic mass is 16.6. The van der Waals surface area contributed by atoms with Crippen LogP contribution < -0.4 is 5.32 Å². The van der Waals surface area contributed by atoms with Crippen LogP contribution in [0.25, 0.3) is 0 Å². The summed E-state index contributed by atoms with van der Waals surface area (Å²) in [6.07, 6.45) is -4.50. The molecule has 1 rings (SSSR count). The molecule has 0 aromatic rings. The molecule has 1 heterocycles. The summed E-state index contributed by atoms with van der Waals surface area (Å²) < 4.78 is 5.21. The van der Waals surface area contributed by atoms with E-state index in [9.17, 15) is 15.3 Å². The van der Waals surface area contributed by atoms with Crippen molar-refractivity contribution in [3.63, 3.8) is 0 Å². The summed E-state index contributed by atoms with van der Waals surface area (Å²) in [5.41, 5.74) is 0. The number of ether oxygens (including phenoxy) is 1. The van der Waals surface area contributed by atoms with E-state index < -0.39 is 37.3 Å². The fourth-order valence-corrected chi connectivity index (χ4v) is 1.56. The molecule has 6 nitrogen and oxygen atoms in total. The first-order valence-electron chi connectivity index (χ1n) is 5.15. The Morgan fingerprint density at radius 1 is 1.13 bits per heavy atom. The Kier molecular flexibility index (Phi) is 4.91. The number of nitrogens with one attached hydrogen (secondary N) is 1. The van der Waals surface area contributed by atoms with Gasteiger partial charge in [-0.25, -0.2) is 0 Å². The Balaban J connectivity index is 2.57. The Bertz CT molecular complexity index is 189.